The van der Waals surface area contributed by atoms with Crippen LogP contribution in [0, 0.1) is 11.3 Å². The van der Waals surface area contributed by atoms with E-state index in [9.17, 15) is 36.4 Å². The van der Waals surface area contributed by atoms with Crippen LogP contribution in [0.15, 0.2) is 65.6 Å². The first-order valence-corrected chi connectivity index (χ1v) is 16.0. The molecule has 2 atom stereocenters. The summed E-state index contributed by atoms with van der Waals surface area (Å²) < 4.78 is 70.2. The molecular weight excluding hydrogens is 619 g/mol. The smallest absolute Gasteiger partial charge is 0.422 e. The zero-order valence-corrected chi connectivity index (χ0v) is 24.8. The minimum Gasteiger partial charge on any atom is -0.484 e. The number of nitrogens with one attached hydrogen (secondary N) is 1. The van der Waals surface area contributed by atoms with Crippen LogP contribution < -0.4 is 10.1 Å². The lowest BCUT2D eigenvalue weighted by Gasteiger charge is -2.29. The van der Waals surface area contributed by atoms with Crippen molar-refractivity contribution in [2.45, 2.75) is 65.4 Å². The minimum absolute atomic E-state index is 0.240. The Morgan fingerprint density at radius 3 is 2.41 bits per heavy atom. The molecule has 0 radical (unpaired) electrons. The number of rotatable bonds is 8. The monoisotopic (exact) mass is 645 g/mol. The van der Waals surface area contributed by atoms with Gasteiger partial charge in [-0.25, -0.2) is 8.42 Å². The first kappa shape index (κ1) is 30.2. The van der Waals surface area contributed by atoms with Gasteiger partial charge in [-0.2, -0.15) is 18.4 Å². The summed E-state index contributed by atoms with van der Waals surface area (Å²) in [5.74, 6) is -1.23. The highest BCUT2D eigenvalue weighted by atomic mass is 35.5. The van der Waals surface area contributed by atoms with E-state index in [-0.39, 0.29) is 34.5 Å². The molecule has 0 bridgehead atoms. The lowest BCUT2D eigenvalue weighted by molar-refractivity contribution is -0.153. The van der Waals surface area contributed by atoms with Crippen LogP contribution in [0.4, 0.5) is 13.2 Å². The molecular formula is C31H27ClF3N3O5S. The zero-order chi connectivity index (χ0) is 31.5. The zero-order valence-electron chi connectivity index (χ0n) is 23.2. The summed E-state index contributed by atoms with van der Waals surface area (Å²) in [5.41, 5.74) is -1.16. The summed E-state index contributed by atoms with van der Waals surface area (Å²) in [4.78, 5) is 28.9. The van der Waals surface area contributed by atoms with Crippen molar-refractivity contribution >= 4 is 44.0 Å². The largest absolute Gasteiger partial charge is 0.484 e. The Morgan fingerprint density at radius 2 is 1.77 bits per heavy atom. The molecule has 1 heterocycles. The van der Waals surface area contributed by atoms with Gasteiger partial charge in [-0.3, -0.25) is 9.59 Å². The second kappa shape index (κ2) is 10.7. The molecule has 1 saturated heterocycles. The molecule has 1 N–H and O–H groups in total. The van der Waals surface area contributed by atoms with E-state index in [0.717, 1.165) is 34.5 Å². The van der Waals surface area contributed by atoms with Gasteiger partial charge >= 0.3 is 6.18 Å². The van der Waals surface area contributed by atoms with E-state index in [0.29, 0.717) is 25.7 Å². The van der Waals surface area contributed by atoms with Crippen molar-refractivity contribution in [1.82, 2.24) is 10.2 Å². The third-order valence-corrected chi connectivity index (χ3v) is 11.3. The van der Waals surface area contributed by atoms with Crippen molar-refractivity contribution in [1.29, 1.82) is 5.26 Å². The second-order valence-corrected chi connectivity index (χ2v) is 14.3. The third-order valence-electron chi connectivity index (χ3n) is 8.67. The molecule has 2 aliphatic carbocycles. The highest BCUT2D eigenvalue weighted by Crippen LogP contribution is 2.53. The fourth-order valence-corrected chi connectivity index (χ4v) is 8.23. The number of nitrogens with zero attached hydrogens (tertiary/aromatic N) is 2. The number of carbonyl (C=O) groups is 2. The van der Waals surface area contributed by atoms with E-state index >= 15 is 0 Å². The molecule has 0 aromatic heterocycles. The van der Waals surface area contributed by atoms with Crippen molar-refractivity contribution < 1.29 is 35.9 Å². The standard InChI is InChI=1S/C31H27ClF3N3O5S/c32-24-14-20(43-18-31(33,34)35)8-9-26(24)44(41,42)21-15-25(27(39)37-29(17-36)10-11-29)38(16-21)28(40)30(12-13-30)23-7-3-5-19-4-1-2-6-22(19)23/h1-9,14,21,25H,10-13,15-16,18H2,(H,37,39)/t21-,25+/m1/s1. The van der Waals surface area contributed by atoms with Gasteiger partial charge in [-0.15, -0.1) is 0 Å². The molecule has 3 aliphatic rings. The number of benzene rings is 3. The summed E-state index contributed by atoms with van der Waals surface area (Å²) in [5, 5.41) is 12.5. The Labute approximate surface area is 256 Å². The summed E-state index contributed by atoms with van der Waals surface area (Å²) in [7, 11) is -4.27. The number of sulfone groups is 1. The molecule has 8 nitrogen and oxygen atoms in total. The fraction of sp³-hybridized carbons (Fsp3) is 0.387. The highest BCUT2D eigenvalue weighted by Gasteiger charge is 2.58. The van der Waals surface area contributed by atoms with Crippen LogP contribution in [0.5, 0.6) is 5.75 Å². The lowest BCUT2D eigenvalue weighted by Crippen LogP contribution is -2.51. The van der Waals surface area contributed by atoms with Crippen LogP contribution >= 0.6 is 11.6 Å². The van der Waals surface area contributed by atoms with Crippen LogP contribution in [-0.4, -0.2) is 61.3 Å². The van der Waals surface area contributed by atoms with E-state index in [1.54, 1.807) is 0 Å². The molecule has 6 rings (SSSR count). The van der Waals surface area contributed by atoms with Gasteiger partial charge in [-0.1, -0.05) is 54.1 Å². The van der Waals surface area contributed by atoms with Gasteiger partial charge in [0.2, 0.25) is 11.8 Å². The van der Waals surface area contributed by atoms with Crippen molar-refractivity contribution in [2.24, 2.45) is 0 Å². The Bertz CT molecular complexity index is 1810. The number of nitriles is 1. The molecule has 44 heavy (non-hydrogen) atoms. The van der Waals surface area contributed by atoms with Gasteiger partial charge in [0.15, 0.2) is 16.4 Å². The molecule has 3 fully saturated rings. The van der Waals surface area contributed by atoms with E-state index in [4.69, 9.17) is 11.6 Å². The average Bonchev–Trinajstić information content (AvgIpc) is 3.91. The van der Waals surface area contributed by atoms with Crippen molar-refractivity contribution in [3.8, 4) is 11.8 Å². The Balaban J connectivity index is 1.32. The van der Waals surface area contributed by atoms with Gasteiger partial charge in [0.25, 0.3) is 0 Å². The number of likely N-dealkylation sites (tertiary alicyclic amines) is 1. The molecule has 1 aliphatic heterocycles. The van der Waals surface area contributed by atoms with Crippen LogP contribution in [0.2, 0.25) is 5.02 Å². The quantitative estimate of drug-likeness (QED) is 0.365. The van der Waals surface area contributed by atoms with Crippen molar-refractivity contribution in [3.63, 3.8) is 0 Å². The number of hydrogen-bond donors (Lipinski definition) is 1. The van der Waals surface area contributed by atoms with E-state index in [1.807, 2.05) is 42.5 Å². The molecule has 3 aromatic rings. The summed E-state index contributed by atoms with van der Waals surface area (Å²) in [6.07, 6.45) is -2.88. The first-order valence-electron chi connectivity index (χ1n) is 14.0. The maximum absolute atomic E-state index is 14.4. The maximum atomic E-state index is 14.4. The summed E-state index contributed by atoms with van der Waals surface area (Å²) in [6.45, 7) is -1.87. The molecule has 2 saturated carbocycles. The van der Waals surface area contributed by atoms with Crippen LogP contribution in [0.25, 0.3) is 10.8 Å². The van der Waals surface area contributed by atoms with Crippen molar-refractivity contribution in [3.05, 3.63) is 71.2 Å². The fourth-order valence-electron chi connectivity index (χ4n) is 5.99. The van der Waals surface area contributed by atoms with Gasteiger partial charge in [-0.05, 0) is 60.6 Å². The Hall–Kier alpha value is -3.82. The van der Waals surface area contributed by atoms with Crippen LogP contribution in [0.3, 0.4) is 0 Å². The number of amides is 2. The third kappa shape index (κ3) is 5.48. The summed E-state index contributed by atoms with van der Waals surface area (Å²) in [6, 6.07) is 17.4. The Kier molecular flexibility index (Phi) is 7.32. The van der Waals surface area contributed by atoms with Gasteiger partial charge in [0.05, 0.1) is 26.7 Å². The van der Waals surface area contributed by atoms with E-state index in [2.05, 4.69) is 16.1 Å². The molecule has 0 spiro atoms. The van der Waals surface area contributed by atoms with Crippen LogP contribution in [-0.2, 0) is 24.8 Å². The highest BCUT2D eigenvalue weighted by molar-refractivity contribution is 7.92. The van der Waals surface area contributed by atoms with Gasteiger partial charge in [0.1, 0.15) is 17.3 Å². The SMILES string of the molecule is N#CC1(NC(=O)[C@@H]2C[C@@H](S(=O)(=O)c3ccc(OCC(F)(F)F)cc3Cl)CN2C(=O)C2(c3cccc4ccccc34)CC2)CC1. The summed E-state index contributed by atoms with van der Waals surface area (Å²) >= 11 is 6.24. The van der Waals surface area contributed by atoms with Crippen LogP contribution in [0.1, 0.15) is 37.7 Å². The predicted molar refractivity (Wildman–Crippen MR) is 155 cm³/mol. The average molecular weight is 646 g/mol. The van der Waals surface area contributed by atoms with Crippen molar-refractivity contribution in [2.75, 3.05) is 13.2 Å². The number of fused-ring (bicyclic) bond motifs is 1. The molecule has 0 unspecified atom stereocenters. The minimum atomic E-state index is -4.60. The second-order valence-electron chi connectivity index (χ2n) is 11.7. The molecule has 13 heteroatoms. The Morgan fingerprint density at radius 1 is 1.07 bits per heavy atom. The number of carbonyl (C=O) groups excluding carboxylic acids is 2. The number of alkyl halides is 3. The first-order chi connectivity index (χ1) is 20.8. The molecule has 3 aromatic carbocycles. The normalized spacial score (nSPS) is 21.8. The number of halogens is 4. The maximum Gasteiger partial charge on any atom is 0.422 e. The number of ether oxygens (including phenoxy) is 1. The van der Waals surface area contributed by atoms with E-state index < -0.39 is 50.8 Å². The topological polar surface area (TPSA) is 117 Å². The van der Waals surface area contributed by atoms with Gasteiger partial charge in [0, 0.05) is 12.6 Å². The lowest BCUT2D eigenvalue weighted by atomic mass is 9.89. The van der Waals surface area contributed by atoms with Gasteiger partial charge < -0.3 is 15.0 Å². The molecule has 230 valence electrons. The molecule has 2 amide bonds. The van der Waals surface area contributed by atoms with E-state index in [1.165, 1.54) is 4.90 Å². The number of hydrogen-bond acceptors (Lipinski definition) is 6. The predicted octanol–water partition coefficient (Wildman–Crippen LogP) is 5.08.